The minimum atomic E-state index is 1.06. The first kappa shape index (κ1) is 11.1. The number of rotatable bonds is 4. The summed E-state index contributed by atoms with van der Waals surface area (Å²) in [6, 6.07) is 0. The van der Waals surface area contributed by atoms with Gasteiger partial charge in [0.25, 0.3) is 0 Å². The number of aromatic nitrogens is 2. The molecule has 80 valence electrons. The average Bonchev–Trinajstić information content (AvgIpc) is 2.46. The number of aryl methyl sites for hydroxylation is 2. The SMILES string of the molecule is CCc1c[n+](C)c(N(CC)CC)n1C. The van der Waals surface area contributed by atoms with Crippen LogP contribution in [0.5, 0.6) is 0 Å². The third-order valence-electron chi connectivity index (χ3n) is 2.80. The van der Waals surface area contributed by atoms with Gasteiger partial charge in [-0.05, 0) is 13.8 Å². The summed E-state index contributed by atoms with van der Waals surface area (Å²) in [7, 11) is 4.26. The maximum atomic E-state index is 2.37. The highest BCUT2D eigenvalue weighted by Gasteiger charge is 2.20. The van der Waals surface area contributed by atoms with E-state index in [1.807, 2.05) is 0 Å². The number of anilines is 1. The third-order valence-corrected chi connectivity index (χ3v) is 2.80. The highest BCUT2D eigenvalue weighted by Crippen LogP contribution is 2.11. The van der Waals surface area contributed by atoms with E-state index in [0.717, 1.165) is 19.5 Å². The molecule has 0 aliphatic carbocycles. The number of nitrogens with zero attached hydrogens (tertiary/aromatic N) is 3. The van der Waals surface area contributed by atoms with Gasteiger partial charge < -0.3 is 0 Å². The Hall–Kier alpha value is -0.990. The summed E-state index contributed by atoms with van der Waals surface area (Å²) in [6.45, 7) is 8.71. The summed E-state index contributed by atoms with van der Waals surface area (Å²) in [6.07, 6.45) is 3.30. The van der Waals surface area contributed by atoms with Crippen LogP contribution in [0.4, 0.5) is 5.95 Å². The molecule has 0 saturated heterocycles. The zero-order chi connectivity index (χ0) is 10.7. The van der Waals surface area contributed by atoms with Crippen molar-refractivity contribution >= 4 is 5.95 Å². The zero-order valence-electron chi connectivity index (χ0n) is 10.0. The molecule has 14 heavy (non-hydrogen) atoms. The average molecular weight is 196 g/mol. The van der Waals surface area contributed by atoms with E-state index in [1.54, 1.807) is 0 Å². The lowest BCUT2D eigenvalue weighted by molar-refractivity contribution is -0.658. The van der Waals surface area contributed by atoms with Crippen molar-refractivity contribution in [1.82, 2.24) is 4.57 Å². The lowest BCUT2D eigenvalue weighted by Crippen LogP contribution is -2.38. The minimum absolute atomic E-state index is 1.06. The molecule has 1 rings (SSSR count). The van der Waals surface area contributed by atoms with Crippen LogP contribution in [0, 0.1) is 0 Å². The fourth-order valence-corrected chi connectivity index (χ4v) is 2.00. The molecule has 1 aromatic heterocycles. The molecule has 0 amide bonds. The Kier molecular flexibility index (Phi) is 3.55. The molecule has 0 radical (unpaired) electrons. The van der Waals surface area contributed by atoms with Gasteiger partial charge in [0, 0.05) is 6.42 Å². The Balaban J connectivity index is 3.12. The Morgan fingerprint density at radius 3 is 2.21 bits per heavy atom. The molecule has 0 aromatic carbocycles. The van der Waals surface area contributed by atoms with Gasteiger partial charge in [0.2, 0.25) is 0 Å². The van der Waals surface area contributed by atoms with Gasteiger partial charge in [0.05, 0.1) is 33.4 Å². The van der Waals surface area contributed by atoms with Gasteiger partial charge in [-0.1, -0.05) is 6.92 Å². The smallest absolute Gasteiger partial charge is 0.265 e. The first-order chi connectivity index (χ1) is 6.65. The molecule has 0 spiro atoms. The predicted molar refractivity (Wildman–Crippen MR) is 59.5 cm³/mol. The van der Waals surface area contributed by atoms with Crippen molar-refractivity contribution in [3.05, 3.63) is 11.9 Å². The van der Waals surface area contributed by atoms with E-state index in [9.17, 15) is 0 Å². The van der Waals surface area contributed by atoms with E-state index in [1.165, 1.54) is 11.6 Å². The molecule has 1 aromatic rings. The van der Waals surface area contributed by atoms with Crippen molar-refractivity contribution in [2.24, 2.45) is 14.1 Å². The van der Waals surface area contributed by atoms with Crippen LogP contribution in [-0.4, -0.2) is 17.7 Å². The Morgan fingerprint density at radius 1 is 1.29 bits per heavy atom. The largest absolute Gasteiger partial charge is 0.359 e. The van der Waals surface area contributed by atoms with E-state index in [0.29, 0.717) is 0 Å². The molecule has 0 atom stereocenters. The number of hydrogen-bond donors (Lipinski definition) is 0. The summed E-state index contributed by atoms with van der Waals surface area (Å²) in [5.74, 6) is 1.30. The standard InChI is InChI=1S/C11H22N3/c1-6-10-9-12(4)11(13(10)5)14(7-2)8-3/h9H,6-8H2,1-5H3/q+1. The molecule has 3 heteroatoms. The molecular formula is C11H22N3+. The quantitative estimate of drug-likeness (QED) is 0.660. The molecular weight excluding hydrogens is 174 g/mol. The topological polar surface area (TPSA) is 12.1 Å². The summed E-state index contributed by atoms with van der Waals surface area (Å²) in [5, 5.41) is 0. The van der Waals surface area contributed by atoms with Crippen molar-refractivity contribution in [2.45, 2.75) is 27.2 Å². The molecule has 1 heterocycles. The minimum Gasteiger partial charge on any atom is -0.265 e. The Morgan fingerprint density at radius 2 is 1.86 bits per heavy atom. The maximum absolute atomic E-state index is 2.37. The first-order valence-corrected chi connectivity index (χ1v) is 5.44. The van der Waals surface area contributed by atoms with E-state index in [2.05, 4.69) is 55.1 Å². The van der Waals surface area contributed by atoms with E-state index < -0.39 is 0 Å². The van der Waals surface area contributed by atoms with Crippen molar-refractivity contribution in [2.75, 3.05) is 18.0 Å². The predicted octanol–water partition coefficient (Wildman–Crippen LogP) is 1.26. The van der Waals surface area contributed by atoms with Gasteiger partial charge in [0.1, 0.15) is 5.69 Å². The van der Waals surface area contributed by atoms with Gasteiger partial charge >= 0.3 is 5.95 Å². The normalized spacial score (nSPS) is 10.6. The van der Waals surface area contributed by atoms with Crippen LogP contribution in [0.15, 0.2) is 6.20 Å². The second kappa shape index (κ2) is 4.49. The van der Waals surface area contributed by atoms with Crippen LogP contribution in [0.25, 0.3) is 0 Å². The third kappa shape index (κ3) is 1.76. The second-order valence-corrected chi connectivity index (χ2v) is 3.62. The van der Waals surface area contributed by atoms with Gasteiger partial charge in [-0.25, -0.2) is 9.13 Å². The summed E-state index contributed by atoms with van der Waals surface area (Å²) in [5.41, 5.74) is 1.38. The van der Waals surface area contributed by atoms with Crippen molar-refractivity contribution in [3.63, 3.8) is 0 Å². The molecule has 0 N–H and O–H groups in total. The van der Waals surface area contributed by atoms with E-state index in [4.69, 9.17) is 0 Å². The lowest BCUT2D eigenvalue weighted by Gasteiger charge is -2.14. The first-order valence-electron chi connectivity index (χ1n) is 5.44. The highest BCUT2D eigenvalue weighted by atomic mass is 15.3. The van der Waals surface area contributed by atoms with Crippen LogP contribution < -0.4 is 9.47 Å². The molecule has 0 fully saturated rings. The van der Waals surface area contributed by atoms with Crippen molar-refractivity contribution < 1.29 is 4.57 Å². The Bertz CT molecular complexity index is 298. The van der Waals surface area contributed by atoms with Crippen LogP contribution in [0.3, 0.4) is 0 Å². The summed E-state index contributed by atoms with van der Waals surface area (Å²) in [4.78, 5) is 2.37. The molecule has 0 bridgehead atoms. The summed E-state index contributed by atoms with van der Waals surface area (Å²) < 4.78 is 4.50. The number of imidazole rings is 1. The van der Waals surface area contributed by atoms with Gasteiger partial charge in [-0.15, -0.1) is 0 Å². The van der Waals surface area contributed by atoms with Crippen molar-refractivity contribution in [3.8, 4) is 0 Å². The van der Waals surface area contributed by atoms with Gasteiger partial charge in [0.15, 0.2) is 0 Å². The second-order valence-electron chi connectivity index (χ2n) is 3.62. The van der Waals surface area contributed by atoms with Crippen LogP contribution in [0.2, 0.25) is 0 Å². The lowest BCUT2D eigenvalue weighted by atomic mass is 10.4. The fraction of sp³-hybridized carbons (Fsp3) is 0.727. The van der Waals surface area contributed by atoms with E-state index in [-0.39, 0.29) is 0 Å². The highest BCUT2D eigenvalue weighted by molar-refractivity contribution is 5.26. The molecule has 0 aliphatic heterocycles. The zero-order valence-corrected chi connectivity index (χ0v) is 10.0. The monoisotopic (exact) mass is 196 g/mol. The van der Waals surface area contributed by atoms with E-state index >= 15 is 0 Å². The maximum Gasteiger partial charge on any atom is 0.359 e. The number of hydrogen-bond acceptors (Lipinski definition) is 1. The molecule has 0 unspecified atom stereocenters. The summed E-state index contributed by atoms with van der Waals surface area (Å²) >= 11 is 0. The van der Waals surface area contributed by atoms with Crippen LogP contribution >= 0.6 is 0 Å². The van der Waals surface area contributed by atoms with Gasteiger partial charge in [-0.2, -0.15) is 0 Å². The van der Waals surface area contributed by atoms with Crippen LogP contribution in [-0.2, 0) is 20.5 Å². The van der Waals surface area contributed by atoms with Crippen molar-refractivity contribution in [1.29, 1.82) is 0 Å². The molecule has 0 saturated carbocycles. The molecule has 0 aliphatic rings. The van der Waals surface area contributed by atoms with Gasteiger partial charge in [-0.3, -0.25) is 4.90 Å². The fourth-order valence-electron chi connectivity index (χ4n) is 2.00. The molecule has 3 nitrogen and oxygen atoms in total. The van der Waals surface area contributed by atoms with Crippen LogP contribution in [0.1, 0.15) is 26.5 Å². The Labute approximate surface area is 87.0 Å².